The zero-order valence-electron chi connectivity index (χ0n) is 8.83. The maximum absolute atomic E-state index is 11.9. The second-order valence-corrected chi connectivity index (χ2v) is 6.20. The summed E-state index contributed by atoms with van der Waals surface area (Å²) in [6, 6.07) is 9.16. The highest BCUT2D eigenvalue weighted by Gasteiger charge is 2.13. The van der Waals surface area contributed by atoms with Crippen LogP contribution in [0.2, 0.25) is 0 Å². The highest BCUT2D eigenvalue weighted by Crippen LogP contribution is 2.15. The lowest BCUT2D eigenvalue weighted by Gasteiger charge is -2.05. The van der Waals surface area contributed by atoms with Crippen molar-refractivity contribution in [2.24, 2.45) is 0 Å². The molecule has 90 valence electrons. The molecule has 0 saturated heterocycles. The van der Waals surface area contributed by atoms with Gasteiger partial charge in [-0.15, -0.1) is 11.3 Å². The number of phenols is 1. The maximum Gasteiger partial charge on any atom is 0.240 e. The van der Waals surface area contributed by atoms with E-state index in [0.717, 1.165) is 4.88 Å². The van der Waals surface area contributed by atoms with Crippen molar-refractivity contribution in [3.63, 3.8) is 0 Å². The van der Waals surface area contributed by atoms with Crippen molar-refractivity contribution >= 4 is 21.4 Å². The fourth-order valence-electron chi connectivity index (χ4n) is 1.29. The lowest BCUT2D eigenvalue weighted by molar-refractivity contribution is 0.474. The molecule has 2 N–H and O–H groups in total. The Kier molecular flexibility index (Phi) is 3.46. The summed E-state index contributed by atoms with van der Waals surface area (Å²) >= 11 is 1.49. The Bertz CT molecular complexity index is 574. The SMILES string of the molecule is O=S(=O)(NCc1cccs1)c1ccc(O)cc1. The van der Waals surface area contributed by atoms with Gasteiger partial charge in [0, 0.05) is 11.4 Å². The zero-order valence-corrected chi connectivity index (χ0v) is 10.5. The number of hydrogen-bond acceptors (Lipinski definition) is 4. The third kappa shape index (κ3) is 3.06. The van der Waals surface area contributed by atoms with Gasteiger partial charge >= 0.3 is 0 Å². The van der Waals surface area contributed by atoms with E-state index >= 15 is 0 Å². The monoisotopic (exact) mass is 269 g/mol. The summed E-state index contributed by atoms with van der Waals surface area (Å²) in [6.07, 6.45) is 0. The van der Waals surface area contributed by atoms with Gasteiger partial charge in [-0.25, -0.2) is 13.1 Å². The highest BCUT2D eigenvalue weighted by molar-refractivity contribution is 7.89. The molecule has 0 fully saturated rings. The molecule has 1 heterocycles. The van der Waals surface area contributed by atoms with Gasteiger partial charge in [-0.3, -0.25) is 0 Å². The lowest BCUT2D eigenvalue weighted by Crippen LogP contribution is -2.22. The number of aromatic hydroxyl groups is 1. The number of nitrogens with one attached hydrogen (secondary N) is 1. The summed E-state index contributed by atoms with van der Waals surface area (Å²) < 4.78 is 26.2. The van der Waals surface area contributed by atoms with Gasteiger partial charge in [-0.05, 0) is 35.7 Å². The van der Waals surface area contributed by atoms with E-state index in [2.05, 4.69) is 4.72 Å². The van der Waals surface area contributed by atoms with Crippen LogP contribution in [0.5, 0.6) is 5.75 Å². The van der Waals surface area contributed by atoms with Gasteiger partial charge in [-0.1, -0.05) is 6.07 Å². The van der Waals surface area contributed by atoms with E-state index in [9.17, 15) is 8.42 Å². The standard InChI is InChI=1S/C11H11NO3S2/c13-9-3-5-11(6-4-9)17(14,15)12-8-10-2-1-7-16-10/h1-7,12-13H,8H2. The largest absolute Gasteiger partial charge is 0.508 e. The molecule has 0 aliphatic heterocycles. The van der Waals surface area contributed by atoms with Gasteiger partial charge in [0.1, 0.15) is 5.75 Å². The lowest BCUT2D eigenvalue weighted by atomic mass is 10.3. The molecule has 0 atom stereocenters. The predicted molar refractivity (Wildman–Crippen MR) is 66.5 cm³/mol. The summed E-state index contributed by atoms with van der Waals surface area (Å²) in [6.45, 7) is 0.279. The maximum atomic E-state index is 11.9. The minimum absolute atomic E-state index is 0.0437. The van der Waals surface area contributed by atoms with Crippen LogP contribution in [0.25, 0.3) is 0 Å². The molecule has 4 nitrogen and oxygen atoms in total. The normalized spacial score (nSPS) is 11.5. The molecule has 0 radical (unpaired) electrons. The summed E-state index contributed by atoms with van der Waals surface area (Å²) in [4.78, 5) is 1.10. The molecular weight excluding hydrogens is 258 g/mol. The predicted octanol–water partition coefficient (Wildman–Crippen LogP) is 1.93. The summed E-state index contributed by atoms with van der Waals surface area (Å²) in [7, 11) is -3.51. The quantitative estimate of drug-likeness (QED) is 0.891. The summed E-state index contributed by atoms with van der Waals surface area (Å²) in [5, 5.41) is 11.0. The van der Waals surface area contributed by atoms with E-state index in [0.29, 0.717) is 0 Å². The van der Waals surface area contributed by atoms with Gasteiger partial charge in [0.05, 0.1) is 4.90 Å². The van der Waals surface area contributed by atoms with Crippen LogP contribution in [0.3, 0.4) is 0 Å². The molecule has 0 saturated carbocycles. The Morgan fingerprint density at radius 3 is 2.47 bits per heavy atom. The van der Waals surface area contributed by atoms with E-state index in [1.807, 2.05) is 17.5 Å². The van der Waals surface area contributed by atoms with Gasteiger partial charge in [0.2, 0.25) is 10.0 Å². The smallest absolute Gasteiger partial charge is 0.240 e. The average molecular weight is 269 g/mol. The Labute approximate surface area is 104 Å². The van der Waals surface area contributed by atoms with E-state index in [1.54, 1.807) is 0 Å². The first-order valence-electron chi connectivity index (χ1n) is 4.89. The second kappa shape index (κ2) is 4.87. The van der Waals surface area contributed by atoms with Gasteiger partial charge < -0.3 is 5.11 Å². The Morgan fingerprint density at radius 1 is 1.18 bits per heavy atom. The molecule has 17 heavy (non-hydrogen) atoms. The Balaban J connectivity index is 2.11. The zero-order chi connectivity index (χ0) is 12.3. The van der Waals surface area contributed by atoms with Crippen LogP contribution < -0.4 is 4.72 Å². The molecule has 0 spiro atoms. The number of rotatable bonds is 4. The minimum Gasteiger partial charge on any atom is -0.508 e. The van der Waals surface area contributed by atoms with Crippen LogP contribution in [0.15, 0.2) is 46.7 Å². The van der Waals surface area contributed by atoms with Crippen LogP contribution in [-0.4, -0.2) is 13.5 Å². The molecule has 0 amide bonds. The van der Waals surface area contributed by atoms with E-state index in [4.69, 9.17) is 5.11 Å². The number of thiophene rings is 1. The highest BCUT2D eigenvalue weighted by atomic mass is 32.2. The van der Waals surface area contributed by atoms with E-state index < -0.39 is 10.0 Å². The van der Waals surface area contributed by atoms with Crippen LogP contribution in [-0.2, 0) is 16.6 Å². The third-order valence-electron chi connectivity index (χ3n) is 2.16. The molecule has 0 unspecified atom stereocenters. The second-order valence-electron chi connectivity index (χ2n) is 3.40. The van der Waals surface area contributed by atoms with E-state index in [-0.39, 0.29) is 17.2 Å². The third-order valence-corrected chi connectivity index (χ3v) is 4.46. The van der Waals surface area contributed by atoms with Crippen LogP contribution in [0, 0.1) is 0 Å². The number of hydrogen-bond donors (Lipinski definition) is 2. The topological polar surface area (TPSA) is 66.4 Å². The summed E-state index contributed by atoms with van der Waals surface area (Å²) in [5.41, 5.74) is 0. The van der Waals surface area contributed by atoms with Crippen molar-refractivity contribution in [2.45, 2.75) is 11.4 Å². The Hall–Kier alpha value is -1.37. The van der Waals surface area contributed by atoms with Crippen LogP contribution >= 0.6 is 11.3 Å². The van der Waals surface area contributed by atoms with Gasteiger partial charge in [-0.2, -0.15) is 0 Å². The fraction of sp³-hybridized carbons (Fsp3) is 0.0909. The average Bonchev–Trinajstić information content (AvgIpc) is 2.80. The molecule has 1 aromatic heterocycles. The van der Waals surface area contributed by atoms with E-state index in [1.165, 1.54) is 35.6 Å². The van der Waals surface area contributed by atoms with Crippen molar-refractivity contribution in [2.75, 3.05) is 0 Å². The van der Waals surface area contributed by atoms with Crippen LogP contribution in [0.1, 0.15) is 4.88 Å². The first-order valence-corrected chi connectivity index (χ1v) is 7.25. The molecule has 2 rings (SSSR count). The van der Waals surface area contributed by atoms with Crippen molar-refractivity contribution in [3.05, 3.63) is 46.7 Å². The molecule has 0 aliphatic rings. The van der Waals surface area contributed by atoms with Crippen LogP contribution in [0.4, 0.5) is 0 Å². The van der Waals surface area contributed by atoms with Crippen molar-refractivity contribution in [1.29, 1.82) is 0 Å². The van der Waals surface area contributed by atoms with Crippen molar-refractivity contribution in [1.82, 2.24) is 4.72 Å². The number of benzene rings is 1. The van der Waals surface area contributed by atoms with Gasteiger partial charge in [0.25, 0.3) is 0 Å². The number of phenolic OH excluding ortho intramolecular Hbond substituents is 1. The molecule has 0 aliphatic carbocycles. The first-order chi connectivity index (χ1) is 8.08. The fourth-order valence-corrected chi connectivity index (χ4v) is 3.03. The minimum atomic E-state index is -3.51. The van der Waals surface area contributed by atoms with Crippen molar-refractivity contribution < 1.29 is 13.5 Å². The van der Waals surface area contributed by atoms with Gasteiger partial charge in [0.15, 0.2) is 0 Å². The molecular formula is C11H11NO3S2. The molecule has 0 bridgehead atoms. The Morgan fingerprint density at radius 2 is 1.88 bits per heavy atom. The summed E-state index contributed by atoms with van der Waals surface area (Å²) in [5.74, 6) is 0.0437. The number of sulfonamides is 1. The first kappa shape index (κ1) is 12.1. The molecule has 2 aromatic rings. The molecule has 6 heteroatoms. The molecule has 1 aromatic carbocycles. The van der Waals surface area contributed by atoms with Crippen molar-refractivity contribution in [3.8, 4) is 5.75 Å².